The Morgan fingerprint density at radius 3 is 2.57 bits per heavy atom. The maximum absolute atomic E-state index is 13.1. The van der Waals surface area contributed by atoms with Crippen LogP contribution >= 0.6 is 0 Å². The van der Waals surface area contributed by atoms with Crippen LogP contribution in [0.2, 0.25) is 0 Å². The molecule has 0 atom stereocenters. The summed E-state index contributed by atoms with van der Waals surface area (Å²) in [5, 5.41) is 27.5. The van der Waals surface area contributed by atoms with Gasteiger partial charge in [-0.2, -0.15) is 9.78 Å². The SMILES string of the molecule is [C-]#[N+]c1cnn(-c2ncccn2)c1/N=N/c1cc2ccccc2c(C(=O)Nc2ccncc2)c1O. The molecule has 2 aromatic carbocycles. The summed E-state index contributed by atoms with van der Waals surface area (Å²) in [5.41, 5.74) is 0.728. The highest BCUT2D eigenvalue weighted by Gasteiger charge is 2.20. The summed E-state index contributed by atoms with van der Waals surface area (Å²) < 4.78 is 1.27. The van der Waals surface area contributed by atoms with Gasteiger partial charge in [0.1, 0.15) is 5.69 Å². The van der Waals surface area contributed by atoms with E-state index in [9.17, 15) is 9.90 Å². The Labute approximate surface area is 198 Å². The molecule has 0 spiro atoms. The van der Waals surface area contributed by atoms with Crippen molar-refractivity contribution >= 4 is 39.6 Å². The lowest BCUT2D eigenvalue weighted by Crippen LogP contribution is -2.12. The number of carbonyl (C=O) groups excluding carboxylic acids is 1. The Kier molecular flexibility index (Phi) is 5.59. The van der Waals surface area contributed by atoms with Gasteiger partial charge in [0.25, 0.3) is 17.5 Å². The predicted molar refractivity (Wildman–Crippen MR) is 127 cm³/mol. The van der Waals surface area contributed by atoms with E-state index in [1.165, 1.54) is 23.3 Å². The zero-order valence-corrected chi connectivity index (χ0v) is 17.9. The monoisotopic (exact) mass is 461 g/mol. The van der Waals surface area contributed by atoms with Crippen LogP contribution in [-0.2, 0) is 0 Å². The summed E-state index contributed by atoms with van der Waals surface area (Å²) in [6.45, 7) is 7.41. The third-order valence-corrected chi connectivity index (χ3v) is 5.01. The lowest BCUT2D eigenvalue weighted by Gasteiger charge is -2.12. The van der Waals surface area contributed by atoms with Crippen molar-refractivity contribution in [2.24, 2.45) is 10.2 Å². The maximum Gasteiger partial charge on any atom is 0.260 e. The van der Waals surface area contributed by atoms with Gasteiger partial charge in [0, 0.05) is 30.5 Å². The van der Waals surface area contributed by atoms with E-state index < -0.39 is 5.91 Å². The number of phenolic OH excluding ortho intramolecular Hbond substituents is 1. The number of nitrogens with one attached hydrogen (secondary N) is 1. The van der Waals surface area contributed by atoms with E-state index in [1.54, 1.807) is 54.9 Å². The van der Waals surface area contributed by atoms with Crippen molar-refractivity contribution in [3.05, 3.63) is 96.5 Å². The van der Waals surface area contributed by atoms with Gasteiger partial charge in [0.2, 0.25) is 0 Å². The Balaban J connectivity index is 1.60. The van der Waals surface area contributed by atoms with Gasteiger partial charge in [-0.25, -0.2) is 14.8 Å². The molecule has 0 saturated heterocycles. The number of pyridine rings is 1. The molecule has 0 bridgehead atoms. The van der Waals surface area contributed by atoms with Gasteiger partial charge in [-0.1, -0.05) is 24.3 Å². The van der Waals surface area contributed by atoms with Gasteiger partial charge in [-0.15, -0.1) is 10.2 Å². The summed E-state index contributed by atoms with van der Waals surface area (Å²) in [6, 6.07) is 13.6. The summed E-state index contributed by atoms with van der Waals surface area (Å²) in [7, 11) is 0. The maximum atomic E-state index is 13.1. The van der Waals surface area contributed by atoms with Crippen LogP contribution < -0.4 is 5.32 Å². The zero-order valence-electron chi connectivity index (χ0n) is 17.9. The van der Waals surface area contributed by atoms with E-state index in [0.717, 1.165) is 0 Å². The van der Waals surface area contributed by atoms with Crippen LogP contribution in [0.5, 0.6) is 5.75 Å². The van der Waals surface area contributed by atoms with Crippen molar-refractivity contribution in [2.45, 2.75) is 0 Å². The number of rotatable bonds is 5. The first-order valence-electron chi connectivity index (χ1n) is 10.3. The standard InChI is InChI=1S/C24H15N9O2/c1-25-19-14-29-33(24-27-9-4-10-28-24)22(19)32-31-18-13-15-5-2-3-6-17(15)20(21(18)34)23(35)30-16-7-11-26-12-8-16/h2-14,34H,(H,26,30,35)/b32-31+. The van der Waals surface area contributed by atoms with Gasteiger partial charge >= 0.3 is 0 Å². The highest BCUT2D eigenvalue weighted by atomic mass is 16.3. The second-order valence-corrected chi connectivity index (χ2v) is 7.16. The first kappa shape index (κ1) is 21.4. The van der Waals surface area contributed by atoms with Crippen LogP contribution in [0.15, 0.2) is 89.7 Å². The number of azo groups is 1. The molecule has 0 unspecified atom stereocenters. The number of carbonyl (C=O) groups is 1. The fraction of sp³-hybridized carbons (Fsp3) is 0. The molecule has 1 amide bonds. The van der Waals surface area contributed by atoms with Crippen LogP contribution in [0, 0.1) is 6.57 Å². The highest BCUT2D eigenvalue weighted by molar-refractivity contribution is 6.16. The van der Waals surface area contributed by atoms with E-state index in [2.05, 4.69) is 40.4 Å². The molecule has 2 N–H and O–H groups in total. The van der Waals surface area contributed by atoms with Crippen LogP contribution in [-0.4, -0.2) is 35.7 Å². The highest BCUT2D eigenvalue weighted by Crippen LogP contribution is 2.39. The molecule has 0 aliphatic carbocycles. The predicted octanol–water partition coefficient (Wildman–Crippen LogP) is 5.13. The van der Waals surface area contributed by atoms with Gasteiger partial charge < -0.3 is 10.4 Å². The topological polar surface area (TPSA) is 135 Å². The third kappa shape index (κ3) is 4.14. The molecule has 5 rings (SSSR count). The van der Waals surface area contributed by atoms with E-state index in [4.69, 9.17) is 6.57 Å². The van der Waals surface area contributed by atoms with Crippen LogP contribution in [0.1, 0.15) is 10.4 Å². The number of phenols is 1. The number of anilines is 1. The average molecular weight is 461 g/mol. The van der Waals surface area contributed by atoms with Crippen molar-refractivity contribution < 1.29 is 9.90 Å². The van der Waals surface area contributed by atoms with Crippen molar-refractivity contribution in [1.82, 2.24) is 24.7 Å². The molecule has 11 nitrogen and oxygen atoms in total. The van der Waals surface area contributed by atoms with Crippen molar-refractivity contribution in [3.8, 4) is 11.7 Å². The van der Waals surface area contributed by atoms with Crippen LogP contribution in [0.25, 0.3) is 21.6 Å². The molecule has 0 fully saturated rings. The molecule has 35 heavy (non-hydrogen) atoms. The quantitative estimate of drug-likeness (QED) is 0.275. The minimum Gasteiger partial charge on any atom is -0.505 e. The smallest absolute Gasteiger partial charge is 0.260 e. The van der Waals surface area contributed by atoms with Gasteiger partial charge in [-0.05, 0) is 35.0 Å². The lowest BCUT2D eigenvalue weighted by atomic mass is 10.0. The Hall–Kier alpha value is -5.50. The Morgan fingerprint density at radius 2 is 1.80 bits per heavy atom. The summed E-state index contributed by atoms with van der Waals surface area (Å²) in [4.78, 5) is 28.7. The first-order valence-corrected chi connectivity index (χ1v) is 10.3. The summed E-state index contributed by atoms with van der Waals surface area (Å²) in [5.74, 6) is -0.588. The number of aromatic hydroxyl groups is 1. The summed E-state index contributed by atoms with van der Waals surface area (Å²) >= 11 is 0. The molecule has 168 valence electrons. The number of hydrogen-bond donors (Lipinski definition) is 2. The number of benzene rings is 2. The third-order valence-electron chi connectivity index (χ3n) is 5.01. The summed E-state index contributed by atoms with van der Waals surface area (Å²) in [6.07, 6.45) is 7.49. The Morgan fingerprint density at radius 1 is 1.03 bits per heavy atom. The van der Waals surface area contributed by atoms with Crippen LogP contribution in [0.3, 0.4) is 0 Å². The van der Waals surface area contributed by atoms with E-state index in [-0.39, 0.29) is 34.5 Å². The molecule has 5 aromatic rings. The first-order chi connectivity index (χ1) is 17.2. The average Bonchev–Trinajstić information content (AvgIpc) is 3.31. The minimum atomic E-state index is -0.522. The molecular formula is C24H15N9O2. The van der Waals surface area contributed by atoms with Gasteiger partial charge in [-0.3, -0.25) is 9.78 Å². The zero-order chi connectivity index (χ0) is 24.2. The van der Waals surface area contributed by atoms with E-state index >= 15 is 0 Å². The van der Waals surface area contributed by atoms with Crippen molar-refractivity contribution in [3.63, 3.8) is 0 Å². The second-order valence-electron chi connectivity index (χ2n) is 7.16. The number of fused-ring (bicyclic) bond motifs is 1. The fourth-order valence-corrected chi connectivity index (χ4v) is 3.41. The normalized spacial score (nSPS) is 10.9. The fourth-order valence-electron chi connectivity index (χ4n) is 3.41. The van der Waals surface area contributed by atoms with E-state index in [1.807, 2.05) is 6.07 Å². The molecular weight excluding hydrogens is 446 g/mol. The second kappa shape index (κ2) is 9.16. The molecule has 0 saturated carbocycles. The molecule has 11 heteroatoms. The number of amides is 1. The van der Waals surface area contributed by atoms with Crippen molar-refractivity contribution in [2.75, 3.05) is 5.32 Å². The number of nitrogens with zero attached hydrogens (tertiary/aromatic N) is 8. The van der Waals surface area contributed by atoms with Gasteiger partial charge in [0.05, 0.1) is 18.3 Å². The molecule has 0 radical (unpaired) electrons. The largest absolute Gasteiger partial charge is 0.505 e. The Bertz CT molecular complexity index is 1610. The number of hydrogen-bond acceptors (Lipinski definition) is 8. The number of aromatic nitrogens is 5. The molecule has 0 aliphatic heterocycles. The van der Waals surface area contributed by atoms with Crippen LogP contribution in [0.4, 0.5) is 22.9 Å². The minimum absolute atomic E-state index is 0.0409. The molecule has 3 aromatic heterocycles. The molecule has 0 aliphatic rings. The van der Waals surface area contributed by atoms with Gasteiger partial charge in [0.15, 0.2) is 11.6 Å². The molecule has 3 heterocycles. The van der Waals surface area contributed by atoms with E-state index in [0.29, 0.717) is 16.5 Å². The lowest BCUT2D eigenvalue weighted by molar-refractivity contribution is 0.102. The van der Waals surface area contributed by atoms with Crippen molar-refractivity contribution in [1.29, 1.82) is 0 Å².